The van der Waals surface area contributed by atoms with Gasteiger partial charge in [-0.2, -0.15) is 5.10 Å². The van der Waals surface area contributed by atoms with Crippen LogP contribution in [0.4, 0.5) is 0 Å². The van der Waals surface area contributed by atoms with E-state index in [9.17, 15) is 5.11 Å². The van der Waals surface area contributed by atoms with E-state index in [2.05, 4.69) is 23.9 Å². The van der Waals surface area contributed by atoms with E-state index in [4.69, 9.17) is 4.74 Å². The zero-order valence-electron chi connectivity index (χ0n) is 13.1. The van der Waals surface area contributed by atoms with E-state index in [1.807, 2.05) is 29.8 Å². The normalized spacial score (nSPS) is 12.7. The minimum atomic E-state index is -0.562. The summed E-state index contributed by atoms with van der Waals surface area (Å²) in [6.07, 6.45) is 0.986. The number of aromatic nitrogens is 3. The van der Waals surface area contributed by atoms with Gasteiger partial charge in [-0.25, -0.2) is 9.67 Å². The van der Waals surface area contributed by atoms with Crippen molar-refractivity contribution in [1.29, 1.82) is 0 Å². The number of nitrogens with zero attached hydrogens (tertiary/aromatic N) is 3. The van der Waals surface area contributed by atoms with Gasteiger partial charge in [-0.3, -0.25) is 0 Å². The molecule has 0 amide bonds. The van der Waals surface area contributed by atoms with Gasteiger partial charge < -0.3 is 9.84 Å². The van der Waals surface area contributed by atoms with Crippen molar-refractivity contribution in [2.75, 3.05) is 0 Å². The summed E-state index contributed by atoms with van der Waals surface area (Å²) < 4.78 is 7.70. The number of aliphatic hydroxyl groups is 1. The molecule has 1 atom stereocenters. The standard InChI is InChI=1S/C16H23N3O2/c1-11(2)8-19-16(17-10-18-19)9-21-15-6-5-12(3)7-14(15)13(4)20/h5-7,10-11,13,20H,8-9H2,1-4H3/t13-/m1/s1. The Morgan fingerprint density at radius 2 is 2.05 bits per heavy atom. The number of rotatable bonds is 6. The smallest absolute Gasteiger partial charge is 0.164 e. The van der Waals surface area contributed by atoms with Crippen LogP contribution in [0.25, 0.3) is 0 Å². The predicted octanol–water partition coefficient (Wildman–Crippen LogP) is 2.87. The summed E-state index contributed by atoms with van der Waals surface area (Å²) in [5.41, 5.74) is 1.89. The van der Waals surface area contributed by atoms with Crippen LogP contribution in [0, 0.1) is 12.8 Å². The van der Waals surface area contributed by atoms with Crippen molar-refractivity contribution in [2.24, 2.45) is 5.92 Å². The zero-order chi connectivity index (χ0) is 15.4. The number of ether oxygens (including phenoxy) is 1. The topological polar surface area (TPSA) is 60.2 Å². The minimum absolute atomic E-state index is 0.343. The van der Waals surface area contributed by atoms with Gasteiger partial charge >= 0.3 is 0 Å². The first-order chi connectivity index (χ1) is 9.97. The highest BCUT2D eigenvalue weighted by atomic mass is 16.5. The van der Waals surface area contributed by atoms with E-state index >= 15 is 0 Å². The molecule has 0 saturated carbocycles. The van der Waals surface area contributed by atoms with Crippen LogP contribution in [-0.4, -0.2) is 19.9 Å². The molecule has 0 saturated heterocycles. The molecule has 0 radical (unpaired) electrons. The Labute approximate surface area is 125 Å². The largest absolute Gasteiger partial charge is 0.485 e. The molecule has 5 heteroatoms. The molecular formula is C16H23N3O2. The van der Waals surface area contributed by atoms with Crippen molar-refractivity contribution in [3.8, 4) is 5.75 Å². The number of hydrogen-bond acceptors (Lipinski definition) is 4. The molecular weight excluding hydrogens is 266 g/mol. The zero-order valence-corrected chi connectivity index (χ0v) is 13.1. The molecule has 114 valence electrons. The molecule has 0 aliphatic rings. The SMILES string of the molecule is Cc1ccc(OCc2ncnn2CC(C)C)c([C@@H](C)O)c1. The summed E-state index contributed by atoms with van der Waals surface area (Å²) in [6.45, 7) is 9.17. The Hall–Kier alpha value is -1.88. The van der Waals surface area contributed by atoms with E-state index in [0.717, 1.165) is 23.5 Å². The lowest BCUT2D eigenvalue weighted by Gasteiger charge is -2.15. The lowest BCUT2D eigenvalue weighted by Crippen LogP contribution is -2.12. The third-order valence-electron chi connectivity index (χ3n) is 3.21. The van der Waals surface area contributed by atoms with Gasteiger partial charge in [0.2, 0.25) is 0 Å². The molecule has 21 heavy (non-hydrogen) atoms. The van der Waals surface area contributed by atoms with Gasteiger partial charge in [0.1, 0.15) is 18.7 Å². The molecule has 1 N–H and O–H groups in total. The van der Waals surface area contributed by atoms with Gasteiger partial charge in [-0.1, -0.05) is 25.5 Å². The minimum Gasteiger partial charge on any atom is -0.485 e. The summed E-state index contributed by atoms with van der Waals surface area (Å²) in [5.74, 6) is 1.98. The second kappa shape index (κ2) is 6.72. The summed E-state index contributed by atoms with van der Waals surface area (Å²) in [7, 11) is 0. The Bertz CT molecular complexity index is 591. The highest BCUT2D eigenvalue weighted by Gasteiger charge is 2.12. The molecule has 1 aromatic heterocycles. The van der Waals surface area contributed by atoms with Crippen LogP contribution in [0.5, 0.6) is 5.75 Å². The molecule has 2 rings (SSSR count). The van der Waals surface area contributed by atoms with Gasteiger partial charge in [0.25, 0.3) is 0 Å². The van der Waals surface area contributed by atoms with Gasteiger partial charge in [0.15, 0.2) is 5.82 Å². The van der Waals surface area contributed by atoms with E-state index in [1.165, 1.54) is 0 Å². The molecule has 5 nitrogen and oxygen atoms in total. The fourth-order valence-electron chi connectivity index (χ4n) is 2.17. The molecule has 0 aliphatic heterocycles. The van der Waals surface area contributed by atoms with E-state index < -0.39 is 6.10 Å². The fraction of sp³-hybridized carbons (Fsp3) is 0.500. The van der Waals surface area contributed by atoms with E-state index in [-0.39, 0.29) is 0 Å². The molecule has 2 aromatic rings. The van der Waals surface area contributed by atoms with Gasteiger partial charge in [-0.15, -0.1) is 0 Å². The maximum absolute atomic E-state index is 9.85. The van der Waals surface area contributed by atoms with Crippen molar-refractivity contribution in [1.82, 2.24) is 14.8 Å². The van der Waals surface area contributed by atoms with Gasteiger partial charge in [0, 0.05) is 12.1 Å². The Balaban J connectivity index is 2.12. The molecule has 1 aromatic carbocycles. The molecule has 0 aliphatic carbocycles. The van der Waals surface area contributed by atoms with Crippen LogP contribution < -0.4 is 4.74 Å². The summed E-state index contributed by atoms with van der Waals surface area (Å²) >= 11 is 0. The van der Waals surface area contributed by atoms with Crippen molar-refractivity contribution in [3.63, 3.8) is 0 Å². The first-order valence-corrected chi connectivity index (χ1v) is 7.25. The summed E-state index contributed by atoms with van der Waals surface area (Å²) in [4.78, 5) is 4.24. The highest BCUT2D eigenvalue weighted by molar-refractivity contribution is 5.38. The van der Waals surface area contributed by atoms with Gasteiger partial charge in [0.05, 0.1) is 6.10 Å². The van der Waals surface area contributed by atoms with E-state index in [0.29, 0.717) is 18.3 Å². The van der Waals surface area contributed by atoms with Crippen LogP contribution in [0.1, 0.15) is 43.8 Å². The predicted molar refractivity (Wildman–Crippen MR) is 81.0 cm³/mol. The summed E-state index contributed by atoms with van der Waals surface area (Å²) in [6, 6.07) is 5.81. The fourth-order valence-corrected chi connectivity index (χ4v) is 2.17. The summed E-state index contributed by atoms with van der Waals surface area (Å²) in [5, 5.41) is 14.1. The maximum atomic E-state index is 9.85. The first kappa shape index (κ1) is 15.5. The van der Waals surface area contributed by atoms with Crippen molar-refractivity contribution in [3.05, 3.63) is 41.5 Å². The average molecular weight is 289 g/mol. The van der Waals surface area contributed by atoms with E-state index in [1.54, 1.807) is 13.3 Å². The Kier molecular flexibility index (Phi) is 4.96. The maximum Gasteiger partial charge on any atom is 0.164 e. The number of benzene rings is 1. The number of hydrogen-bond donors (Lipinski definition) is 1. The quantitative estimate of drug-likeness (QED) is 0.888. The Morgan fingerprint density at radius 1 is 1.29 bits per heavy atom. The van der Waals surface area contributed by atoms with Crippen LogP contribution in [0.3, 0.4) is 0 Å². The first-order valence-electron chi connectivity index (χ1n) is 7.25. The van der Waals surface area contributed by atoms with Crippen molar-refractivity contribution in [2.45, 2.75) is 47.0 Å². The second-order valence-corrected chi connectivity index (χ2v) is 5.76. The van der Waals surface area contributed by atoms with Crippen LogP contribution in [-0.2, 0) is 13.2 Å². The van der Waals surface area contributed by atoms with Crippen LogP contribution in [0.2, 0.25) is 0 Å². The number of aliphatic hydroxyl groups excluding tert-OH is 1. The monoisotopic (exact) mass is 289 g/mol. The van der Waals surface area contributed by atoms with Crippen LogP contribution >= 0.6 is 0 Å². The molecule has 0 spiro atoms. The molecule has 0 bridgehead atoms. The third-order valence-corrected chi connectivity index (χ3v) is 3.21. The lowest BCUT2D eigenvalue weighted by atomic mass is 10.1. The highest BCUT2D eigenvalue weighted by Crippen LogP contribution is 2.26. The van der Waals surface area contributed by atoms with Crippen molar-refractivity contribution >= 4 is 0 Å². The molecule has 0 unspecified atom stereocenters. The molecule has 1 heterocycles. The second-order valence-electron chi connectivity index (χ2n) is 5.76. The third kappa shape index (κ3) is 4.04. The van der Waals surface area contributed by atoms with Gasteiger partial charge in [-0.05, 0) is 31.9 Å². The molecule has 0 fully saturated rings. The Morgan fingerprint density at radius 3 is 2.71 bits per heavy atom. The van der Waals surface area contributed by atoms with Crippen LogP contribution in [0.15, 0.2) is 24.5 Å². The number of aryl methyl sites for hydroxylation is 1. The average Bonchev–Trinajstić information content (AvgIpc) is 2.83. The lowest BCUT2D eigenvalue weighted by molar-refractivity contribution is 0.188. The van der Waals surface area contributed by atoms with Crippen molar-refractivity contribution < 1.29 is 9.84 Å².